The van der Waals surface area contributed by atoms with Crippen molar-refractivity contribution in [2.24, 2.45) is 11.7 Å². The highest BCUT2D eigenvalue weighted by atomic mass is 35.5. The molecule has 1 atom stereocenters. The summed E-state index contributed by atoms with van der Waals surface area (Å²) in [6, 6.07) is 7.28. The minimum absolute atomic E-state index is 0.190. The van der Waals surface area contributed by atoms with Gasteiger partial charge in [-0.25, -0.2) is 4.79 Å². The summed E-state index contributed by atoms with van der Waals surface area (Å²) in [5.41, 5.74) is 6.16. The summed E-state index contributed by atoms with van der Waals surface area (Å²) in [5.74, 6) is -0.583. The number of likely N-dealkylation sites (tertiary alicyclic amines) is 1. The fraction of sp³-hybridized carbons (Fsp3) is 0.467. The molecule has 0 spiro atoms. The zero-order valence-corrected chi connectivity index (χ0v) is 13.0. The number of nitrogens with two attached hydrogens (primary N) is 1. The van der Waals surface area contributed by atoms with E-state index in [1.165, 1.54) is 0 Å². The van der Waals surface area contributed by atoms with Gasteiger partial charge in [0.2, 0.25) is 5.91 Å². The molecule has 0 radical (unpaired) electrons. The van der Waals surface area contributed by atoms with Crippen LogP contribution in [0.5, 0.6) is 0 Å². The van der Waals surface area contributed by atoms with Gasteiger partial charge in [-0.1, -0.05) is 29.8 Å². The van der Waals surface area contributed by atoms with Crippen LogP contribution in [0.25, 0.3) is 0 Å². The quantitative estimate of drug-likeness (QED) is 0.775. The molecule has 7 heteroatoms. The van der Waals surface area contributed by atoms with E-state index >= 15 is 0 Å². The fourth-order valence-electron chi connectivity index (χ4n) is 2.32. The topological polar surface area (TPSA) is 84.7 Å². The van der Waals surface area contributed by atoms with Gasteiger partial charge >= 0.3 is 6.03 Å². The predicted octanol–water partition coefficient (Wildman–Crippen LogP) is 1.37. The molecule has 120 valence electrons. The molecule has 1 fully saturated rings. The standard InChI is InChI=1S/C15H20ClN3O3/c16-13-4-2-1-3-12(13)10-22-8-6-18-15(21)19-7-5-11(9-19)14(17)20/h1-4,11H,5-10H2,(H2,17,20)(H,18,21)/t11-/m1/s1. The van der Waals surface area contributed by atoms with E-state index in [4.69, 9.17) is 22.1 Å². The summed E-state index contributed by atoms with van der Waals surface area (Å²) in [4.78, 5) is 24.6. The lowest BCUT2D eigenvalue weighted by Gasteiger charge is -2.16. The van der Waals surface area contributed by atoms with Gasteiger partial charge in [0, 0.05) is 24.7 Å². The first-order valence-electron chi connectivity index (χ1n) is 7.21. The highest BCUT2D eigenvalue weighted by molar-refractivity contribution is 6.31. The van der Waals surface area contributed by atoms with Gasteiger partial charge < -0.3 is 20.7 Å². The van der Waals surface area contributed by atoms with Crippen LogP contribution in [0.1, 0.15) is 12.0 Å². The third-order valence-corrected chi connectivity index (χ3v) is 3.98. The van der Waals surface area contributed by atoms with Crippen LogP contribution >= 0.6 is 11.6 Å². The molecule has 0 unspecified atom stereocenters. The van der Waals surface area contributed by atoms with Gasteiger partial charge in [-0.05, 0) is 18.1 Å². The number of carbonyl (C=O) groups is 2. The van der Waals surface area contributed by atoms with E-state index in [9.17, 15) is 9.59 Å². The van der Waals surface area contributed by atoms with E-state index in [1.54, 1.807) is 4.90 Å². The van der Waals surface area contributed by atoms with Crippen LogP contribution in [0.2, 0.25) is 5.02 Å². The summed E-state index contributed by atoms with van der Waals surface area (Å²) < 4.78 is 5.48. The molecule has 1 aromatic carbocycles. The molecule has 1 aromatic rings. The lowest BCUT2D eigenvalue weighted by atomic mass is 10.1. The number of nitrogens with zero attached hydrogens (tertiary/aromatic N) is 1. The maximum Gasteiger partial charge on any atom is 0.317 e. The summed E-state index contributed by atoms with van der Waals surface area (Å²) >= 11 is 6.02. The highest BCUT2D eigenvalue weighted by Gasteiger charge is 2.29. The van der Waals surface area contributed by atoms with E-state index in [1.807, 2.05) is 24.3 Å². The number of ether oxygens (including phenoxy) is 1. The molecule has 0 bridgehead atoms. The molecule has 0 aromatic heterocycles. The molecule has 3 amide bonds. The smallest absolute Gasteiger partial charge is 0.317 e. The monoisotopic (exact) mass is 325 g/mol. The summed E-state index contributed by atoms with van der Waals surface area (Å²) in [6.07, 6.45) is 0.631. The SMILES string of the molecule is NC(=O)[C@@H]1CCN(C(=O)NCCOCc2ccccc2Cl)C1. The van der Waals surface area contributed by atoms with Gasteiger partial charge in [-0.2, -0.15) is 0 Å². The second kappa shape index (κ2) is 8.00. The Morgan fingerprint density at radius 2 is 2.18 bits per heavy atom. The van der Waals surface area contributed by atoms with E-state index in [2.05, 4.69) is 5.32 Å². The van der Waals surface area contributed by atoms with Crippen molar-refractivity contribution in [2.45, 2.75) is 13.0 Å². The average molecular weight is 326 g/mol. The van der Waals surface area contributed by atoms with Crippen molar-refractivity contribution >= 4 is 23.5 Å². The number of benzene rings is 1. The van der Waals surface area contributed by atoms with Crippen molar-refractivity contribution in [1.82, 2.24) is 10.2 Å². The predicted molar refractivity (Wildman–Crippen MR) is 83.4 cm³/mol. The largest absolute Gasteiger partial charge is 0.375 e. The molecule has 1 aliphatic heterocycles. The zero-order valence-electron chi connectivity index (χ0n) is 12.3. The molecule has 6 nitrogen and oxygen atoms in total. The van der Waals surface area contributed by atoms with Gasteiger partial charge in [-0.15, -0.1) is 0 Å². The highest BCUT2D eigenvalue weighted by Crippen LogP contribution is 2.16. The van der Waals surface area contributed by atoms with Crippen LogP contribution in [-0.2, 0) is 16.1 Å². The number of amides is 3. The van der Waals surface area contributed by atoms with Crippen LogP contribution in [-0.4, -0.2) is 43.1 Å². The Kier molecular flexibility index (Phi) is 6.03. The van der Waals surface area contributed by atoms with Crippen LogP contribution < -0.4 is 11.1 Å². The number of rotatable bonds is 6. The molecule has 1 aliphatic rings. The average Bonchev–Trinajstić information content (AvgIpc) is 2.98. The Hall–Kier alpha value is -1.79. The van der Waals surface area contributed by atoms with E-state index in [0.29, 0.717) is 44.3 Å². The fourth-order valence-corrected chi connectivity index (χ4v) is 2.51. The van der Waals surface area contributed by atoms with E-state index < -0.39 is 0 Å². The molecule has 1 saturated heterocycles. The lowest BCUT2D eigenvalue weighted by molar-refractivity contribution is -0.121. The van der Waals surface area contributed by atoms with Gasteiger partial charge in [0.15, 0.2) is 0 Å². The van der Waals surface area contributed by atoms with Crippen LogP contribution in [0.15, 0.2) is 24.3 Å². The van der Waals surface area contributed by atoms with Crippen molar-refractivity contribution in [3.05, 3.63) is 34.9 Å². The van der Waals surface area contributed by atoms with E-state index in [0.717, 1.165) is 5.56 Å². The first kappa shape index (κ1) is 16.6. The minimum atomic E-state index is -0.349. The maximum absolute atomic E-state index is 11.9. The van der Waals surface area contributed by atoms with Crippen molar-refractivity contribution in [2.75, 3.05) is 26.2 Å². The molecule has 3 N–H and O–H groups in total. The second-order valence-electron chi connectivity index (χ2n) is 5.21. The normalized spacial score (nSPS) is 17.5. The first-order chi connectivity index (χ1) is 10.6. The number of carbonyl (C=O) groups excluding carboxylic acids is 2. The first-order valence-corrected chi connectivity index (χ1v) is 7.59. The number of hydrogen-bond acceptors (Lipinski definition) is 3. The Balaban J connectivity index is 1.62. The van der Waals surface area contributed by atoms with Crippen LogP contribution in [0, 0.1) is 5.92 Å². The van der Waals surface area contributed by atoms with Crippen LogP contribution in [0.3, 0.4) is 0 Å². The lowest BCUT2D eigenvalue weighted by Crippen LogP contribution is -2.40. The summed E-state index contributed by atoms with van der Waals surface area (Å²) in [5, 5.41) is 3.43. The van der Waals surface area contributed by atoms with Crippen molar-refractivity contribution < 1.29 is 14.3 Å². The summed E-state index contributed by atoms with van der Waals surface area (Å²) in [6.45, 7) is 2.15. The van der Waals surface area contributed by atoms with Crippen molar-refractivity contribution in [1.29, 1.82) is 0 Å². The molecular weight excluding hydrogens is 306 g/mol. The number of halogens is 1. The Bertz CT molecular complexity index is 539. The summed E-state index contributed by atoms with van der Waals surface area (Å²) in [7, 11) is 0. The number of nitrogens with one attached hydrogen (secondary N) is 1. The number of hydrogen-bond donors (Lipinski definition) is 2. The molecule has 0 saturated carbocycles. The van der Waals surface area contributed by atoms with Gasteiger partial charge in [0.25, 0.3) is 0 Å². The third-order valence-electron chi connectivity index (χ3n) is 3.62. The Labute approximate surface area is 134 Å². The van der Waals surface area contributed by atoms with Gasteiger partial charge in [0.05, 0.1) is 19.1 Å². The molecule has 22 heavy (non-hydrogen) atoms. The van der Waals surface area contributed by atoms with Gasteiger partial charge in [0.1, 0.15) is 0 Å². The molecule has 0 aliphatic carbocycles. The third kappa shape index (κ3) is 4.61. The van der Waals surface area contributed by atoms with E-state index in [-0.39, 0.29) is 17.9 Å². The zero-order chi connectivity index (χ0) is 15.9. The van der Waals surface area contributed by atoms with Gasteiger partial charge in [-0.3, -0.25) is 4.79 Å². The minimum Gasteiger partial charge on any atom is -0.375 e. The maximum atomic E-state index is 11.9. The number of urea groups is 1. The Morgan fingerprint density at radius 1 is 1.41 bits per heavy atom. The van der Waals surface area contributed by atoms with Crippen molar-refractivity contribution in [3.8, 4) is 0 Å². The molecule has 2 rings (SSSR count). The Morgan fingerprint density at radius 3 is 2.86 bits per heavy atom. The van der Waals surface area contributed by atoms with Crippen LogP contribution in [0.4, 0.5) is 4.79 Å². The molecular formula is C15H20ClN3O3. The second-order valence-corrected chi connectivity index (χ2v) is 5.62. The molecule has 1 heterocycles. The van der Waals surface area contributed by atoms with Crippen molar-refractivity contribution in [3.63, 3.8) is 0 Å². The number of primary amides is 1.